The number of hydrogen-bond donors (Lipinski definition) is 1. The van der Waals surface area contributed by atoms with Gasteiger partial charge in [-0.3, -0.25) is 4.98 Å². The largest absolute Gasteiger partial charge is 0.455 e. The molecule has 0 saturated heterocycles. The van der Waals surface area contributed by atoms with Crippen molar-refractivity contribution in [1.82, 2.24) is 4.98 Å². The number of aromatic nitrogens is 1. The van der Waals surface area contributed by atoms with Crippen molar-refractivity contribution in [2.24, 2.45) is 0 Å². The summed E-state index contributed by atoms with van der Waals surface area (Å²) in [6.07, 6.45) is 1.57. The van der Waals surface area contributed by atoms with Gasteiger partial charge >= 0.3 is 0 Å². The van der Waals surface area contributed by atoms with Crippen LogP contribution in [-0.2, 0) is 6.61 Å². The van der Waals surface area contributed by atoms with E-state index in [9.17, 15) is 5.11 Å². The third kappa shape index (κ3) is 3.39. The van der Waals surface area contributed by atoms with E-state index in [1.165, 1.54) is 0 Å². The van der Waals surface area contributed by atoms with Crippen LogP contribution in [0.4, 0.5) is 0 Å². The first-order valence-corrected chi connectivity index (χ1v) is 6.95. The maximum atomic E-state index is 9.27. The molecule has 0 bridgehead atoms. The number of pyridine rings is 1. The van der Waals surface area contributed by atoms with Gasteiger partial charge in [-0.1, -0.05) is 23.2 Å². The van der Waals surface area contributed by atoms with E-state index in [4.69, 9.17) is 27.9 Å². The number of benzene rings is 1. The van der Waals surface area contributed by atoms with Gasteiger partial charge in [-0.05, 0) is 28.9 Å². The Labute approximate surface area is 129 Å². The van der Waals surface area contributed by atoms with Gasteiger partial charge in [0.2, 0.25) is 0 Å². The molecule has 2 aromatic rings. The first-order valence-electron chi connectivity index (χ1n) is 5.40. The first-order chi connectivity index (χ1) is 9.01. The molecule has 6 heteroatoms. The smallest absolute Gasteiger partial charge is 0.147 e. The van der Waals surface area contributed by atoms with Crippen LogP contribution in [0.3, 0.4) is 0 Å². The molecule has 3 nitrogen and oxygen atoms in total. The minimum atomic E-state index is -0.162. The Hall–Kier alpha value is -0.810. The van der Waals surface area contributed by atoms with Gasteiger partial charge in [0.1, 0.15) is 11.5 Å². The number of aryl methyl sites for hydroxylation is 1. The zero-order chi connectivity index (χ0) is 14.0. The van der Waals surface area contributed by atoms with Crippen molar-refractivity contribution in [2.75, 3.05) is 0 Å². The van der Waals surface area contributed by atoms with Gasteiger partial charge in [0.25, 0.3) is 0 Å². The molecule has 0 unspecified atom stereocenters. The maximum absolute atomic E-state index is 9.27. The van der Waals surface area contributed by atoms with Gasteiger partial charge < -0.3 is 9.84 Å². The van der Waals surface area contributed by atoms with Gasteiger partial charge in [0, 0.05) is 34.1 Å². The number of nitrogens with zero attached hydrogens (tertiary/aromatic N) is 1. The van der Waals surface area contributed by atoms with Gasteiger partial charge in [-0.2, -0.15) is 0 Å². The van der Waals surface area contributed by atoms with Gasteiger partial charge in [0.15, 0.2) is 0 Å². The molecule has 0 spiro atoms. The van der Waals surface area contributed by atoms with Crippen LogP contribution >= 0.6 is 39.1 Å². The standard InChI is InChI=1S/C13H10BrCl2NO2/c1-7-2-12(8(6-18)5-17-7)19-13-4-10(15)9(14)3-11(13)16/h2-5,18H,6H2,1H3. The van der Waals surface area contributed by atoms with Crippen LogP contribution in [0.5, 0.6) is 11.5 Å². The molecule has 0 aliphatic heterocycles. The van der Waals surface area contributed by atoms with E-state index < -0.39 is 0 Å². The quantitative estimate of drug-likeness (QED) is 0.801. The Balaban J connectivity index is 2.41. The number of rotatable bonds is 3. The zero-order valence-corrected chi connectivity index (χ0v) is 13.1. The number of aliphatic hydroxyl groups excluding tert-OH is 1. The predicted molar refractivity (Wildman–Crippen MR) is 79.1 cm³/mol. The van der Waals surface area contributed by atoms with Crippen LogP contribution in [0.2, 0.25) is 10.0 Å². The lowest BCUT2D eigenvalue weighted by molar-refractivity contribution is 0.276. The van der Waals surface area contributed by atoms with E-state index in [1.54, 1.807) is 24.4 Å². The number of aliphatic hydroxyl groups is 1. The van der Waals surface area contributed by atoms with Gasteiger partial charge in [-0.25, -0.2) is 0 Å². The second kappa shape index (κ2) is 6.09. The van der Waals surface area contributed by atoms with Crippen molar-refractivity contribution in [3.8, 4) is 11.5 Å². The molecule has 0 amide bonds. The van der Waals surface area contributed by atoms with Crippen molar-refractivity contribution in [3.63, 3.8) is 0 Å². The molecular formula is C13H10BrCl2NO2. The van der Waals surface area contributed by atoms with E-state index in [1.807, 2.05) is 6.92 Å². The monoisotopic (exact) mass is 361 g/mol. The van der Waals surface area contributed by atoms with Crippen molar-refractivity contribution in [1.29, 1.82) is 0 Å². The molecule has 0 fully saturated rings. The molecule has 0 atom stereocenters. The van der Waals surface area contributed by atoms with E-state index in [-0.39, 0.29) is 6.61 Å². The molecule has 0 saturated carbocycles. The van der Waals surface area contributed by atoms with E-state index in [0.29, 0.717) is 31.6 Å². The molecule has 1 heterocycles. The van der Waals surface area contributed by atoms with Crippen molar-refractivity contribution < 1.29 is 9.84 Å². The van der Waals surface area contributed by atoms with Crippen LogP contribution < -0.4 is 4.74 Å². The summed E-state index contributed by atoms with van der Waals surface area (Å²) in [6, 6.07) is 5.01. The van der Waals surface area contributed by atoms with Crippen LogP contribution in [0, 0.1) is 6.92 Å². The second-order valence-corrected chi connectivity index (χ2v) is 5.56. The molecule has 100 valence electrons. The van der Waals surface area contributed by atoms with Crippen molar-refractivity contribution in [2.45, 2.75) is 13.5 Å². The highest BCUT2D eigenvalue weighted by atomic mass is 79.9. The SMILES string of the molecule is Cc1cc(Oc2cc(Cl)c(Br)cc2Cl)c(CO)cn1. The molecule has 0 aliphatic rings. The fraction of sp³-hybridized carbons (Fsp3) is 0.154. The third-order valence-corrected chi connectivity index (χ3v) is 3.94. The zero-order valence-electron chi connectivity index (χ0n) is 9.95. The number of ether oxygens (including phenoxy) is 1. The summed E-state index contributed by atoms with van der Waals surface area (Å²) < 4.78 is 6.40. The first kappa shape index (κ1) is 14.6. The van der Waals surface area contributed by atoms with E-state index >= 15 is 0 Å². The Morgan fingerprint density at radius 2 is 1.95 bits per heavy atom. The van der Waals surface area contributed by atoms with E-state index in [2.05, 4.69) is 20.9 Å². The van der Waals surface area contributed by atoms with Gasteiger partial charge in [-0.15, -0.1) is 0 Å². The topological polar surface area (TPSA) is 42.4 Å². The second-order valence-electron chi connectivity index (χ2n) is 3.89. The van der Waals surface area contributed by atoms with E-state index in [0.717, 1.165) is 5.69 Å². The summed E-state index contributed by atoms with van der Waals surface area (Å²) in [6.45, 7) is 1.68. The number of halogens is 3. The average Bonchev–Trinajstić information content (AvgIpc) is 2.36. The molecule has 0 radical (unpaired) electrons. The summed E-state index contributed by atoms with van der Waals surface area (Å²) >= 11 is 15.4. The molecule has 1 N–H and O–H groups in total. The highest BCUT2D eigenvalue weighted by molar-refractivity contribution is 9.10. The van der Waals surface area contributed by atoms with Crippen molar-refractivity contribution in [3.05, 3.63) is 50.2 Å². The lowest BCUT2D eigenvalue weighted by atomic mass is 10.2. The normalized spacial score (nSPS) is 10.6. The van der Waals surface area contributed by atoms with Crippen LogP contribution in [0.1, 0.15) is 11.3 Å². The van der Waals surface area contributed by atoms with Crippen LogP contribution in [-0.4, -0.2) is 10.1 Å². The molecule has 1 aromatic heterocycles. The highest BCUT2D eigenvalue weighted by Crippen LogP contribution is 2.37. The van der Waals surface area contributed by atoms with Crippen LogP contribution in [0.25, 0.3) is 0 Å². The molecule has 2 rings (SSSR count). The predicted octanol–water partition coefficient (Wildman–Crippen LogP) is 4.74. The maximum Gasteiger partial charge on any atom is 0.147 e. The van der Waals surface area contributed by atoms with Crippen LogP contribution in [0.15, 0.2) is 28.9 Å². The summed E-state index contributed by atoms with van der Waals surface area (Å²) in [4.78, 5) is 4.10. The summed E-state index contributed by atoms with van der Waals surface area (Å²) in [5.41, 5.74) is 1.37. The Kier molecular flexibility index (Phi) is 4.68. The van der Waals surface area contributed by atoms with Gasteiger partial charge in [0.05, 0.1) is 16.7 Å². The highest BCUT2D eigenvalue weighted by Gasteiger charge is 2.11. The lowest BCUT2D eigenvalue weighted by Crippen LogP contribution is -1.95. The molecule has 0 aliphatic carbocycles. The Morgan fingerprint density at radius 3 is 2.63 bits per heavy atom. The third-order valence-electron chi connectivity index (χ3n) is 2.45. The lowest BCUT2D eigenvalue weighted by Gasteiger charge is -2.12. The number of hydrogen-bond acceptors (Lipinski definition) is 3. The average molecular weight is 363 g/mol. The minimum absolute atomic E-state index is 0.162. The summed E-state index contributed by atoms with van der Waals surface area (Å²) in [5, 5.41) is 10.2. The molecule has 1 aromatic carbocycles. The summed E-state index contributed by atoms with van der Waals surface area (Å²) in [7, 11) is 0. The summed E-state index contributed by atoms with van der Waals surface area (Å²) in [5.74, 6) is 0.936. The fourth-order valence-corrected chi connectivity index (χ4v) is 2.31. The Bertz CT molecular complexity index is 620. The molecular weight excluding hydrogens is 353 g/mol. The Morgan fingerprint density at radius 1 is 1.21 bits per heavy atom. The van der Waals surface area contributed by atoms with Crippen molar-refractivity contribution >= 4 is 39.1 Å². The fourth-order valence-electron chi connectivity index (χ4n) is 1.48. The minimum Gasteiger partial charge on any atom is -0.455 e. The molecule has 19 heavy (non-hydrogen) atoms.